The molecular weight excluding hydrogens is 280 g/mol. The van der Waals surface area contributed by atoms with Crippen LogP contribution in [0.4, 0.5) is 10.5 Å². The molecule has 1 unspecified atom stereocenters. The third-order valence-electron chi connectivity index (χ3n) is 4.52. The molecule has 2 amide bonds. The maximum Gasteiger partial charge on any atom is 0.321 e. The monoisotopic (exact) mass is 302 g/mol. The Kier molecular flexibility index (Phi) is 3.68. The molecule has 0 aromatic heterocycles. The van der Waals surface area contributed by atoms with E-state index >= 15 is 0 Å². The van der Waals surface area contributed by atoms with E-state index in [0.717, 1.165) is 24.9 Å². The minimum atomic E-state index is -0.269. The SMILES string of the molecule is CCN(C(=O)NC)c1cccc2c1CC1(CC2)COC(N)=N1. The van der Waals surface area contributed by atoms with Crippen molar-refractivity contribution in [3.05, 3.63) is 29.3 Å². The van der Waals surface area contributed by atoms with Crippen molar-refractivity contribution in [3.8, 4) is 0 Å². The number of rotatable bonds is 2. The van der Waals surface area contributed by atoms with E-state index in [1.165, 1.54) is 11.1 Å². The van der Waals surface area contributed by atoms with E-state index in [4.69, 9.17) is 10.5 Å². The number of fused-ring (bicyclic) bond motifs is 1. The Morgan fingerprint density at radius 3 is 3.00 bits per heavy atom. The Bertz CT molecular complexity index is 629. The summed E-state index contributed by atoms with van der Waals surface area (Å²) in [6.45, 7) is 3.12. The van der Waals surface area contributed by atoms with Gasteiger partial charge in [-0.1, -0.05) is 12.1 Å². The lowest BCUT2D eigenvalue weighted by Crippen LogP contribution is -2.41. The van der Waals surface area contributed by atoms with Crippen LogP contribution in [0.1, 0.15) is 24.5 Å². The Morgan fingerprint density at radius 2 is 2.36 bits per heavy atom. The quantitative estimate of drug-likeness (QED) is 0.867. The number of ether oxygens (including phenoxy) is 1. The Labute approximate surface area is 130 Å². The summed E-state index contributed by atoms with van der Waals surface area (Å²) >= 11 is 0. The van der Waals surface area contributed by atoms with Crippen molar-refractivity contribution >= 4 is 17.7 Å². The molecule has 0 bridgehead atoms. The van der Waals surface area contributed by atoms with Crippen molar-refractivity contribution < 1.29 is 9.53 Å². The van der Waals surface area contributed by atoms with Crippen LogP contribution in [0.5, 0.6) is 0 Å². The zero-order valence-electron chi connectivity index (χ0n) is 13.1. The Hall–Kier alpha value is -2.24. The van der Waals surface area contributed by atoms with Gasteiger partial charge in [-0.15, -0.1) is 0 Å². The molecule has 1 spiro atoms. The van der Waals surface area contributed by atoms with E-state index < -0.39 is 0 Å². The van der Waals surface area contributed by atoms with E-state index in [2.05, 4.69) is 16.4 Å². The highest BCUT2D eigenvalue weighted by Crippen LogP contribution is 2.38. The molecule has 6 nitrogen and oxygen atoms in total. The predicted octanol–water partition coefficient (Wildman–Crippen LogP) is 1.42. The molecule has 1 aliphatic carbocycles. The molecule has 1 heterocycles. The lowest BCUT2D eigenvalue weighted by molar-refractivity contribution is 0.234. The number of hydrogen-bond donors (Lipinski definition) is 2. The summed E-state index contributed by atoms with van der Waals surface area (Å²) in [6, 6.07) is 6.33. The number of anilines is 1. The summed E-state index contributed by atoms with van der Waals surface area (Å²) in [6.07, 6.45) is 2.61. The number of carbonyl (C=O) groups is 1. The molecule has 3 rings (SSSR count). The van der Waals surface area contributed by atoms with Crippen molar-refractivity contribution in [1.29, 1.82) is 0 Å². The summed E-state index contributed by atoms with van der Waals surface area (Å²) in [7, 11) is 1.65. The van der Waals surface area contributed by atoms with Crippen LogP contribution in [0.3, 0.4) is 0 Å². The van der Waals surface area contributed by atoms with Crippen molar-refractivity contribution in [3.63, 3.8) is 0 Å². The third-order valence-corrected chi connectivity index (χ3v) is 4.52. The first-order valence-corrected chi connectivity index (χ1v) is 7.67. The fourth-order valence-electron chi connectivity index (χ4n) is 3.38. The van der Waals surface area contributed by atoms with Crippen LogP contribution >= 0.6 is 0 Å². The fourth-order valence-corrected chi connectivity index (χ4v) is 3.38. The van der Waals surface area contributed by atoms with Crippen LogP contribution in [-0.4, -0.2) is 37.8 Å². The largest absolute Gasteiger partial charge is 0.463 e. The molecule has 1 atom stereocenters. The van der Waals surface area contributed by atoms with Gasteiger partial charge in [-0.05, 0) is 37.0 Å². The van der Waals surface area contributed by atoms with Crippen molar-refractivity contribution in [2.75, 3.05) is 25.1 Å². The summed E-state index contributed by atoms with van der Waals surface area (Å²) in [5, 5.41) is 2.70. The van der Waals surface area contributed by atoms with Crippen LogP contribution in [0.25, 0.3) is 0 Å². The molecule has 0 saturated heterocycles. The number of aliphatic imine (C=N–C) groups is 1. The second-order valence-corrected chi connectivity index (χ2v) is 5.85. The smallest absolute Gasteiger partial charge is 0.321 e. The highest BCUT2D eigenvalue weighted by Gasteiger charge is 2.40. The molecule has 1 aromatic carbocycles. The van der Waals surface area contributed by atoms with Gasteiger partial charge in [-0.2, -0.15) is 0 Å². The molecule has 6 heteroatoms. The van der Waals surface area contributed by atoms with E-state index in [0.29, 0.717) is 13.2 Å². The van der Waals surface area contributed by atoms with Gasteiger partial charge in [-0.3, -0.25) is 4.90 Å². The average Bonchev–Trinajstić information content (AvgIpc) is 2.88. The first kappa shape index (κ1) is 14.7. The third kappa shape index (κ3) is 2.38. The van der Waals surface area contributed by atoms with Crippen molar-refractivity contribution in [2.45, 2.75) is 31.7 Å². The zero-order valence-corrected chi connectivity index (χ0v) is 13.1. The van der Waals surface area contributed by atoms with Crippen LogP contribution in [0.15, 0.2) is 23.2 Å². The number of urea groups is 1. The maximum atomic E-state index is 12.1. The van der Waals surface area contributed by atoms with Gasteiger partial charge in [0.25, 0.3) is 6.02 Å². The van der Waals surface area contributed by atoms with Crippen LogP contribution in [-0.2, 0) is 17.6 Å². The number of carbonyl (C=O) groups excluding carboxylic acids is 1. The van der Waals surface area contributed by atoms with Gasteiger partial charge in [-0.25, -0.2) is 9.79 Å². The van der Waals surface area contributed by atoms with Gasteiger partial charge in [0.15, 0.2) is 0 Å². The number of amides is 2. The molecule has 0 saturated carbocycles. The Balaban J connectivity index is 2.00. The highest BCUT2D eigenvalue weighted by molar-refractivity contribution is 5.93. The topological polar surface area (TPSA) is 80.0 Å². The number of nitrogens with zero attached hydrogens (tertiary/aromatic N) is 2. The van der Waals surface area contributed by atoms with Crippen molar-refractivity contribution in [1.82, 2.24) is 5.32 Å². The van der Waals surface area contributed by atoms with Gasteiger partial charge in [0, 0.05) is 25.7 Å². The van der Waals surface area contributed by atoms with Crippen molar-refractivity contribution in [2.24, 2.45) is 10.7 Å². The average molecular weight is 302 g/mol. The highest BCUT2D eigenvalue weighted by atomic mass is 16.5. The zero-order chi connectivity index (χ0) is 15.7. The number of benzene rings is 1. The van der Waals surface area contributed by atoms with E-state index in [-0.39, 0.29) is 17.6 Å². The minimum Gasteiger partial charge on any atom is -0.463 e. The number of nitrogens with one attached hydrogen (secondary N) is 1. The Morgan fingerprint density at radius 1 is 1.55 bits per heavy atom. The molecule has 0 radical (unpaired) electrons. The van der Waals surface area contributed by atoms with Gasteiger partial charge in [0.1, 0.15) is 12.1 Å². The summed E-state index contributed by atoms with van der Waals surface area (Å²) in [4.78, 5) is 18.4. The maximum absolute atomic E-state index is 12.1. The molecule has 1 aliphatic heterocycles. The summed E-state index contributed by atoms with van der Waals surface area (Å²) < 4.78 is 5.39. The van der Waals surface area contributed by atoms with Gasteiger partial charge in [0.2, 0.25) is 0 Å². The molecule has 118 valence electrons. The number of amidine groups is 1. The van der Waals surface area contributed by atoms with Gasteiger partial charge < -0.3 is 15.8 Å². The standard InChI is InChI=1S/C16H22N4O2/c1-3-20(15(21)18-2)13-6-4-5-11-7-8-16(9-12(11)13)10-22-14(17)19-16/h4-6H,3,7-10H2,1-2H3,(H2,17,19)(H,18,21). The normalized spacial score (nSPS) is 22.7. The minimum absolute atomic E-state index is 0.0961. The number of aryl methyl sites for hydroxylation is 1. The predicted molar refractivity (Wildman–Crippen MR) is 86.2 cm³/mol. The lowest BCUT2D eigenvalue weighted by Gasteiger charge is -2.34. The molecule has 0 fully saturated rings. The second-order valence-electron chi connectivity index (χ2n) is 5.85. The summed E-state index contributed by atoms with van der Waals surface area (Å²) in [5.41, 5.74) is 8.86. The van der Waals surface area contributed by atoms with Crippen LogP contribution < -0.4 is 16.0 Å². The molecule has 1 aromatic rings. The molecule has 3 N–H and O–H groups in total. The molecule has 2 aliphatic rings. The molecule has 22 heavy (non-hydrogen) atoms. The van der Waals surface area contributed by atoms with E-state index in [1.807, 2.05) is 19.1 Å². The van der Waals surface area contributed by atoms with E-state index in [9.17, 15) is 4.79 Å². The lowest BCUT2D eigenvalue weighted by atomic mass is 9.78. The van der Waals surface area contributed by atoms with Gasteiger partial charge in [0.05, 0.1) is 0 Å². The first-order chi connectivity index (χ1) is 10.6. The number of hydrogen-bond acceptors (Lipinski definition) is 4. The fraction of sp³-hybridized carbons (Fsp3) is 0.500. The van der Waals surface area contributed by atoms with Crippen LogP contribution in [0, 0.1) is 0 Å². The van der Waals surface area contributed by atoms with Crippen LogP contribution in [0.2, 0.25) is 0 Å². The second kappa shape index (κ2) is 5.51. The molecular formula is C16H22N4O2. The number of nitrogens with two attached hydrogens (primary N) is 1. The first-order valence-electron chi connectivity index (χ1n) is 7.67. The summed E-state index contributed by atoms with van der Waals surface area (Å²) in [5.74, 6) is 0. The van der Waals surface area contributed by atoms with E-state index in [1.54, 1.807) is 11.9 Å². The van der Waals surface area contributed by atoms with Gasteiger partial charge >= 0.3 is 6.03 Å².